The van der Waals surface area contributed by atoms with Crippen molar-refractivity contribution in [1.82, 2.24) is 10.2 Å². The Kier molecular flexibility index (Phi) is 4.57. The van der Waals surface area contributed by atoms with Crippen molar-refractivity contribution in [1.29, 1.82) is 0 Å². The normalized spacial score (nSPS) is 20.1. The number of nitro groups is 1. The number of carbonyl (C=O) groups excluding carboxylic acids is 1. The highest BCUT2D eigenvalue weighted by atomic mass is 16.6. The minimum atomic E-state index is -0.415. The van der Waals surface area contributed by atoms with Crippen LogP contribution in [-0.2, 0) is 4.79 Å². The third kappa shape index (κ3) is 3.39. The van der Waals surface area contributed by atoms with Crippen molar-refractivity contribution >= 4 is 11.6 Å². The van der Waals surface area contributed by atoms with Crippen LogP contribution in [0.15, 0.2) is 24.3 Å². The molecule has 21 heavy (non-hydrogen) atoms. The van der Waals surface area contributed by atoms with E-state index in [-0.39, 0.29) is 30.3 Å². The molecule has 114 valence electrons. The predicted octanol–water partition coefficient (Wildman–Crippen LogP) is 2.46. The summed E-state index contributed by atoms with van der Waals surface area (Å²) in [5, 5.41) is 14.0. The molecule has 1 aliphatic rings. The lowest BCUT2D eigenvalue weighted by molar-refractivity contribution is -0.385. The number of nitrogens with one attached hydrogen (secondary N) is 1. The molecule has 0 aromatic heterocycles. The first kappa shape index (κ1) is 15.4. The number of benzene rings is 1. The fraction of sp³-hybridized carbons (Fsp3) is 0.533. The molecule has 0 aliphatic carbocycles. The van der Waals surface area contributed by atoms with E-state index in [1.807, 2.05) is 13.0 Å². The second-order valence-electron chi connectivity index (χ2n) is 5.92. The van der Waals surface area contributed by atoms with Crippen LogP contribution in [0.4, 0.5) is 5.69 Å². The van der Waals surface area contributed by atoms with Crippen LogP contribution in [0.2, 0.25) is 0 Å². The molecule has 0 radical (unpaired) electrons. The first-order valence-corrected chi connectivity index (χ1v) is 7.19. The van der Waals surface area contributed by atoms with Gasteiger partial charge in [-0.2, -0.15) is 0 Å². The lowest BCUT2D eigenvalue weighted by Crippen LogP contribution is -2.38. The highest BCUT2D eigenvalue weighted by Gasteiger charge is 2.35. The van der Waals surface area contributed by atoms with Gasteiger partial charge in [-0.1, -0.05) is 26.0 Å². The Labute approximate surface area is 124 Å². The summed E-state index contributed by atoms with van der Waals surface area (Å²) >= 11 is 0. The molecule has 6 heteroatoms. The zero-order valence-electron chi connectivity index (χ0n) is 12.6. The van der Waals surface area contributed by atoms with E-state index >= 15 is 0 Å². The Balaban J connectivity index is 2.27. The van der Waals surface area contributed by atoms with E-state index in [0.29, 0.717) is 5.92 Å². The molecular formula is C15H21N3O3. The van der Waals surface area contributed by atoms with Gasteiger partial charge < -0.3 is 4.90 Å². The van der Waals surface area contributed by atoms with Crippen molar-refractivity contribution < 1.29 is 9.72 Å². The molecule has 1 aromatic carbocycles. The van der Waals surface area contributed by atoms with Crippen molar-refractivity contribution in [2.24, 2.45) is 5.92 Å². The Morgan fingerprint density at radius 2 is 2.14 bits per heavy atom. The average molecular weight is 291 g/mol. The van der Waals surface area contributed by atoms with E-state index in [4.69, 9.17) is 0 Å². The monoisotopic (exact) mass is 291 g/mol. The third-order valence-corrected chi connectivity index (χ3v) is 3.70. The van der Waals surface area contributed by atoms with Gasteiger partial charge >= 0.3 is 0 Å². The van der Waals surface area contributed by atoms with Crippen LogP contribution in [0.1, 0.15) is 38.9 Å². The fourth-order valence-corrected chi connectivity index (χ4v) is 2.90. The van der Waals surface area contributed by atoms with Gasteiger partial charge in [-0.15, -0.1) is 0 Å². The number of hydrogen-bond acceptors (Lipinski definition) is 4. The standard InChI is InChI=1S/C15H21N3O3/c1-10(2)7-11(3)17-14(19)9-16-15(17)12-5-4-6-13(8-12)18(20)21/h4-6,8,10-11,15-16H,7,9H2,1-3H3. The van der Waals surface area contributed by atoms with Gasteiger partial charge in [0.15, 0.2) is 0 Å². The SMILES string of the molecule is CC(C)CC(C)N1C(=O)CNC1c1cccc([N+](=O)[O-])c1. The Hall–Kier alpha value is -1.95. The summed E-state index contributed by atoms with van der Waals surface area (Å²) in [6.45, 7) is 6.53. The van der Waals surface area contributed by atoms with Crippen molar-refractivity contribution in [3.8, 4) is 0 Å². The number of rotatable bonds is 5. The van der Waals surface area contributed by atoms with Crippen LogP contribution in [-0.4, -0.2) is 28.3 Å². The van der Waals surface area contributed by atoms with Crippen LogP contribution in [0, 0.1) is 16.0 Å². The minimum Gasteiger partial charge on any atom is -0.319 e. The van der Waals surface area contributed by atoms with Gasteiger partial charge in [0, 0.05) is 18.2 Å². The second kappa shape index (κ2) is 6.22. The topological polar surface area (TPSA) is 75.5 Å². The number of amides is 1. The van der Waals surface area contributed by atoms with E-state index in [0.717, 1.165) is 12.0 Å². The summed E-state index contributed by atoms with van der Waals surface area (Å²) in [7, 11) is 0. The van der Waals surface area contributed by atoms with Gasteiger partial charge in [-0.3, -0.25) is 20.2 Å². The highest BCUT2D eigenvalue weighted by molar-refractivity contribution is 5.81. The molecule has 2 atom stereocenters. The summed E-state index contributed by atoms with van der Waals surface area (Å²) < 4.78 is 0. The number of carbonyl (C=O) groups is 1. The summed E-state index contributed by atoms with van der Waals surface area (Å²) in [6.07, 6.45) is 0.616. The number of nitrogens with zero attached hydrogens (tertiary/aromatic N) is 2. The molecule has 0 bridgehead atoms. The summed E-state index contributed by atoms with van der Waals surface area (Å²) in [5.74, 6) is 0.527. The summed E-state index contributed by atoms with van der Waals surface area (Å²) in [4.78, 5) is 24.4. The van der Waals surface area contributed by atoms with Crippen LogP contribution >= 0.6 is 0 Å². The van der Waals surface area contributed by atoms with Crippen molar-refractivity contribution in [2.75, 3.05) is 6.54 Å². The van der Waals surface area contributed by atoms with Crippen molar-refractivity contribution in [2.45, 2.75) is 39.4 Å². The summed E-state index contributed by atoms with van der Waals surface area (Å²) in [6, 6.07) is 6.56. The highest BCUT2D eigenvalue weighted by Crippen LogP contribution is 2.29. The zero-order valence-corrected chi connectivity index (χ0v) is 12.6. The average Bonchev–Trinajstić information content (AvgIpc) is 2.80. The van der Waals surface area contributed by atoms with Gasteiger partial charge in [0.05, 0.1) is 11.5 Å². The lowest BCUT2D eigenvalue weighted by Gasteiger charge is -2.31. The largest absolute Gasteiger partial charge is 0.319 e. The first-order chi connectivity index (χ1) is 9.90. The molecule has 6 nitrogen and oxygen atoms in total. The van der Waals surface area contributed by atoms with E-state index in [9.17, 15) is 14.9 Å². The predicted molar refractivity (Wildman–Crippen MR) is 79.6 cm³/mol. The van der Waals surface area contributed by atoms with Gasteiger partial charge in [-0.05, 0) is 24.8 Å². The Morgan fingerprint density at radius 3 is 2.76 bits per heavy atom. The molecule has 2 unspecified atom stereocenters. The van der Waals surface area contributed by atoms with Gasteiger partial charge in [0.2, 0.25) is 5.91 Å². The molecular weight excluding hydrogens is 270 g/mol. The molecule has 1 fully saturated rings. The van der Waals surface area contributed by atoms with Crippen LogP contribution in [0.5, 0.6) is 0 Å². The van der Waals surface area contributed by atoms with Crippen LogP contribution < -0.4 is 5.32 Å². The molecule has 1 saturated heterocycles. The summed E-state index contributed by atoms with van der Waals surface area (Å²) in [5.41, 5.74) is 0.802. The maximum absolute atomic E-state index is 12.1. The van der Waals surface area contributed by atoms with Crippen LogP contribution in [0.25, 0.3) is 0 Å². The molecule has 1 amide bonds. The van der Waals surface area contributed by atoms with Crippen molar-refractivity contribution in [3.63, 3.8) is 0 Å². The number of hydrogen-bond donors (Lipinski definition) is 1. The quantitative estimate of drug-likeness (QED) is 0.668. The number of nitro benzene ring substituents is 1. The zero-order chi connectivity index (χ0) is 15.6. The van der Waals surface area contributed by atoms with Gasteiger partial charge in [-0.25, -0.2) is 0 Å². The molecule has 0 saturated carbocycles. The molecule has 2 rings (SSSR count). The maximum atomic E-state index is 12.1. The lowest BCUT2D eigenvalue weighted by atomic mass is 10.0. The smallest absolute Gasteiger partial charge is 0.269 e. The van der Waals surface area contributed by atoms with Crippen molar-refractivity contribution in [3.05, 3.63) is 39.9 Å². The molecule has 1 aliphatic heterocycles. The Bertz CT molecular complexity index is 545. The van der Waals surface area contributed by atoms with Crippen LogP contribution in [0.3, 0.4) is 0 Å². The van der Waals surface area contributed by atoms with E-state index in [2.05, 4.69) is 19.2 Å². The van der Waals surface area contributed by atoms with Gasteiger partial charge in [0.1, 0.15) is 6.17 Å². The molecule has 1 aromatic rings. The third-order valence-electron chi connectivity index (χ3n) is 3.70. The maximum Gasteiger partial charge on any atom is 0.269 e. The number of non-ortho nitro benzene ring substituents is 1. The van der Waals surface area contributed by atoms with E-state index in [1.165, 1.54) is 12.1 Å². The molecule has 0 spiro atoms. The fourth-order valence-electron chi connectivity index (χ4n) is 2.90. The van der Waals surface area contributed by atoms with Gasteiger partial charge in [0.25, 0.3) is 5.69 Å². The minimum absolute atomic E-state index is 0.0413. The Morgan fingerprint density at radius 1 is 1.43 bits per heavy atom. The molecule has 1 heterocycles. The van der Waals surface area contributed by atoms with E-state index in [1.54, 1.807) is 11.0 Å². The van der Waals surface area contributed by atoms with E-state index < -0.39 is 4.92 Å². The molecule has 1 N–H and O–H groups in total. The second-order valence-corrected chi connectivity index (χ2v) is 5.92. The first-order valence-electron chi connectivity index (χ1n) is 7.19.